The smallest absolute Gasteiger partial charge is 0.174 e. The van der Waals surface area contributed by atoms with E-state index in [9.17, 15) is 0 Å². The third kappa shape index (κ3) is 2.71. The monoisotopic (exact) mass is 285 g/mol. The Balaban J connectivity index is 1.66. The first-order valence-electron chi connectivity index (χ1n) is 6.59. The molecule has 0 unspecified atom stereocenters. The van der Waals surface area contributed by atoms with Crippen LogP contribution >= 0.6 is 23.1 Å². The minimum atomic E-state index is 0.459. The maximum absolute atomic E-state index is 5.90. The molecule has 100 valence electrons. The molecule has 2 atom stereocenters. The van der Waals surface area contributed by atoms with Crippen molar-refractivity contribution in [3.63, 3.8) is 0 Å². The highest BCUT2D eigenvalue weighted by Crippen LogP contribution is 2.30. The quantitative estimate of drug-likeness (QED) is 0.797. The van der Waals surface area contributed by atoms with Crippen LogP contribution in [0.3, 0.4) is 0 Å². The Morgan fingerprint density at radius 1 is 1.39 bits per heavy atom. The van der Waals surface area contributed by atoms with E-state index in [-0.39, 0.29) is 0 Å². The summed E-state index contributed by atoms with van der Waals surface area (Å²) in [5.74, 6) is 0. The van der Waals surface area contributed by atoms with Crippen LogP contribution in [0.2, 0.25) is 0 Å². The van der Waals surface area contributed by atoms with Crippen LogP contribution < -0.4 is 0 Å². The zero-order valence-corrected chi connectivity index (χ0v) is 12.3. The van der Waals surface area contributed by atoms with Gasteiger partial charge in [0.2, 0.25) is 0 Å². The van der Waals surface area contributed by atoms with Gasteiger partial charge in [0.25, 0.3) is 0 Å². The molecule has 18 heavy (non-hydrogen) atoms. The molecular weight excluding hydrogens is 266 g/mol. The summed E-state index contributed by atoms with van der Waals surface area (Å²) < 4.78 is 6.97. The fourth-order valence-electron chi connectivity index (χ4n) is 2.93. The average molecular weight is 285 g/mol. The van der Waals surface area contributed by atoms with Crippen LogP contribution in [0.4, 0.5) is 0 Å². The number of hydrogen-bond acceptors (Lipinski definition) is 6. The minimum Gasteiger partial charge on any atom is -0.375 e. The van der Waals surface area contributed by atoms with E-state index in [0.717, 1.165) is 29.0 Å². The second-order valence-electron chi connectivity index (χ2n) is 4.90. The van der Waals surface area contributed by atoms with Gasteiger partial charge < -0.3 is 4.74 Å². The van der Waals surface area contributed by atoms with Crippen LogP contribution in [0.5, 0.6) is 0 Å². The number of thioether (sulfide) groups is 1. The lowest BCUT2D eigenvalue weighted by Crippen LogP contribution is -2.52. The van der Waals surface area contributed by atoms with Crippen molar-refractivity contribution < 1.29 is 4.74 Å². The normalized spacial score (nSPS) is 29.2. The molecule has 3 rings (SSSR count). The number of aromatic nitrogens is 2. The van der Waals surface area contributed by atoms with Crippen molar-refractivity contribution in [3.05, 3.63) is 5.01 Å². The lowest BCUT2D eigenvalue weighted by atomic mass is 9.90. The van der Waals surface area contributed by atoms with Gasteiger partial charge in [-0.25, -0.2) is 0 Å². The van der Waals surface area contributed by atoms with E-state index in [1.807, 2.05) is 0 Å². The van der Waals surface area contributed by atoms with Gasteiger partial charge in [-0.15, -0.1) is 10.2 Å². The molecule has 1 aromatic heterocycles. The van der Waals surface area contributed by atoms with Crippen LogP contribution in [0.15, 0.2) is 4.34 Å². The van der Waals surface area contributed by atoms with Gasteiger partial charge in [0, 0.05) is 12.6 Å². The Labute approximate surface area is 116 Å². The van der Waals surface area contributed by atoms with Gasteiger partial charge >= 0.3 is 0 Å². The summed E-state index contributed by atoms with van der Waals surface area (Å²) in [6.07, 6.45) is 7.68. The first-order chi connectivity index (χ1) is 8.86. The molecule has 1 saturated carbocycles. The van der Waals surface area contributed by atoms with E-state index < -0.39 is 0 Å². The Morgan fingerprint density at radius 3 is 3.11 bits per heavy atom. The van der Waals surface area contributed by atoms with Crippen LogP contribution in [-0.4, -0.2) is 46.7 Å². The Bertz CT molecular complexity index is 396. The van der Waals surface area contributed by atoms with Gasteiger partial charge in [0.05, 0.1) is 19.3 Å². The molecule has 0 N–H and O–H groups in total. The zero-order valence-electron chi connectivity index (χ0n) is 10.7. The Kier molecular flexibility index (Phi) is 4.18. The molecule has 0 bridgehead atoms. The highest BCUT2D eigenvalue weighted by atomic mass is 32.2. The topological polar surface area (TPSA) is 38.2 Å². The molecule has 0 aromatic carbocycles. The fourth-order valence-corrected chi connectivity index (χ4v) is 4.27. The Hall–Kier alpha value is -0.170. The van der Waals surface area contributed by atoms with Crippen molar-refractivity contribution in [1.82, 2.24) is 15.1 Å². The lowest BCUT2D eigenvalue weighted by molar-refractivity contribution is -0.0911. The van der Waals surface area contributed by atoms with E-state index in [0.29, 0.717) is 12.1 Å². The first kappa shape index (κ1) is 12.8. The predicted octanol–water partition coefficient (Wildman–Crippen LogP) is 2.40. The first-order valence-corrected chi connectivity index (χ1v) is 8.63. The number of fused-ring (bicyclic) bond motifs is 1. The molecule has 0 spiro atoms. The third-order valence-electron chi connectivity index (χ3n) is 3.81. The van der Waals surface area contributed by atoms with Crippen LogP contribution in [-0.2, 0) is 11.3 Å². The van der Waals surface area contributed by atoms with E-state index >= 15 is 0 Å². The summed E-state index contributed by atoms with van der Waals surface area (Å²) in [6, 6.07) is 0.606. The minimum absolute atomic E-state index is 0.459. The molecule has 0 radical (unpaired) electrons. The van der Waals surface area contributed by atoms with Gasteiger partial charge in [0.15, 0.2) is 4.34 Å². The largest absolute Gasteiger partial charge is 0.375 e. The summed E-state index contributed by atoms with van der Waals surface area (Å²) >= 11 is 3.40. The predicted molar refractivity (Wildman–Crippen MR) is 74.1 cm³/mol. The molecule has 1 aliphatic carbocycles. The molecule has 4 nitrogen and oxygen atoms in total. The van der Waals surface area contributed by atoms with Gasteiger partial charge in [-0.2, -0.15) is 0 Å². The number of hydrogen-bond donors (Lipinski definition) is 0. The highest BCUT2D eigenvalue weighted by Gasteiger charge is 2.34. The molecular formula is C12H19N3OS2. The van der Waals surface area contributed by atoms with E-state index in [1.54, 1.807) is 23.1 Å². The summed E-state index contributed by atoms with van der Waals surface area (Å²) in [5, 5.41) is 9.61. The second kappa shape index (κ2) is 5.86. The number of nitrogens with zero attached hydrogens (tertiary/aromatic N) is 3. The number of rotatable bonds is 3. The van der Waals surface area contributed by atoms with Crippen LogP contribution in [0, 0.1) is 0 Å². The van der Waals surface area contributed by atoms with E-state index in [2.05, 4.69) is 21.4 Å². The SMILES string of the molecule is CSc1nnc(CN2CCO[C@H]3CCCC[C@@H]32)s1. The molecule has 0 amide bonds. The summed E-state index contributed by atoms with van der Waals surface area (Å²) in [5.41, 5.74) is 0. The molecule has 2 fully saturated rings. The number of morpholine rings is 1. The molecule has 6 heteroatoms. The fraction of sp³-hybridized carbons (Fsp3) is 0.833. The van der Waals surface area contributed by atoms with Crippen molar-refractivity contribution in [2.75, 3.05) is 19.4 Å². The van der Waals surface area contributed by atoms with Crippen molar-refractivity contribution in [2.24, 2.45) is 0 Å². The van der Waals surface area contributed by atoms with Crippen LogP contribution in [0.1, 0.15) is 30.7 Å². The van der Waals surface area contributed by atoms with Crippen molar-refractivity contribution >= 4 is 23.1 Å². The molecule has 1 aliphatic heterocycles. The zero-order chi connectivity index (χ0) is 12.4. The summed E-state index contributed by atoms with van der Waals surface area (Å²) in [6.45, 7) is 2.85. The molecule has 1 saturated heterocycles. The maximum Gasteiger partial charge on any atom is 0.174 e. The molecule has 2 aliphatic rings. The van der Waals surface area contributed by atoms with Gasteiger partial charge in [0.1, 0.15) is 5.01 Å². The lowest BCUT2D eigenvalue weighted by Gasteiger charge is -2.43. The van der Waals surface area contributed by atoms with Crippen molar-refractivity contribution in [1.29, 1.82) is 0 Å². The summed E-state index contributed by atoms with van der Waals surface area (Å²) in [4.78, 5) is 2.55. The second-order valence-corrected chi connectivity index (χ2v) is 7.01. The molecule has 2 heterocycles. The molecule has 1 aromatic rings. The average Bonchev–Trinajstić information content (AvgIpc) is 2.87. The highest BCUT2D eigenvalue weighted by molar-refractivity contribution is 8.00. The van der Waals surface area contributed by atoms with Gasteiger partial charge in [-0.05, 0) is 19.1 Å². The summed E-state index contributed by atoms with van der Waals surface area (Å²) in [7, 11) is 0. The van der Waals surface area contributed by atoms with Gasteiger partial charge in [-0.3, -0.25) is 4.90 Å². The van der Waals surface area contributed by atoms with Crippen molar-refractivity contribution in [2.45, 2.75) is 48.7 Å². The number of ether oxygens (including phenoxy) is 1. The van der Waals surface area contributed by atoms with E-state index in [1.165, 1.54) is 25.7 Å². The van der Waals surface area contributed by atoms with Crippen LogP contribution in [0.25, 0.3) is 0 Å². The third-order valence-corrected chi connectivity index (χ3v) is 5.69. The van der Waals surface area contributed by atoms with E-state index in [4.69, 9.17) is 4.74 Å². The standard InChI is InChI=1S/C12H19N3OS2/c1-17-12-14-13-11(18-12)8-15-6-7-16-10-5-3-2-4-9(10)15/h9-10H,2-8H2,1H3/t9-,10-/m0/s1. The maximum atomic E-state index is 5.90. The Morgan fingerprint density at radius 2 is 2.28 bits per heavy atom. The van der Waals surface area contributed by atoms with Crippen molar-refractivity contribution in [3.8, 4) is 0 Å². The van der Waals surface area contributed by atoms with Gasteiger partial charge in [-0.1, -0.05) is 35.9 Å².